The Hall–Kier alpha value is -0.300. The van der Waals surface area contributed by atoms with Gasteiger partial charge in [0.1, 0.15) is 0 Å². The van der Waals surface area contributed by atoms with Gasteiger partial charge < -0.3 is 5.11 Å². The lowest BCUT2D eigenvalue weighted by atomic mass is 9.58. The van der Waals surface area contributed by atoms with Crippen LogP contribution in [0.15, 0.2) is 11.6 Å². The van der Waals surface area contributed by atoms with E-state index in [1.165, 1.54) is 24.8 Å². The molecule has 2 aliphatic carbocycles. The number of rotatable bonds is 1. The van der Waals surface area contributed by atoms with Crippen LogP contribution in [0.25, 0.3) is 0 Å². The van der Waals surface area contributed by atoms with Crippen molar-refractivity contribution in [1.82, 2.24) is 0 Å². The summed E-state index contributed by atoms with van der Waals surface area (Å²) in [7, 11) is 0. The van der Waals surface area contributed by atoms with Crippen molar-refractivity contribution in [1.29, 1.82) is 0 Å². The fourth-order valence-corrected chi connectivity index (χ4v) is 3.87. The summed E-state index contributed by atoms with van der Waals surface area (Å²) in [4.78, 5) is 0. The van der Waals surface area contributed by atoms with Crippen molar-refractivity contribution >= 4 is 0 Å². The maximum Gasteiger partial charge on any atom is 0.0653 e. The van der Waals surface area contributed by atoms with Gasteiger partial charge in [-0.15, -0.1) is 0 Å². The van der Waals surface area contributed by atoms with Gasteiger partial charge in [-0.05, 0) is 63.2 Å². The van der Waals surface area contributed by atoms with Crippen LogP contribution in [0, 0.1) is 23.7 Å². The van der Waals surface area contributed by atoms with Gasteiger partial charge in [0.2, 0.25) is 0 Å². The Morgan fingerprint density at radius 3 is 2.69 bits per heavy atom. The minimum absolute atomic E-state index is 0.423. The van der Waals surface area contributed by atoms with Gasteiger partial charge in [0, 0.05) is 0 Å². The standard InChI is InChI=1S/C15H26O/c1-10(2)12-7-8-15(4,16)14-6-5-11(3)9-13(12)14/h9-10,12-14,16H,5-8H2,1-4H3/t12-,13?,14+,15+/m0/s1. The van der Waals surface area contributed by atoms with Crippen LogP contribution >= 0.6 is 0 Å². The van der Waals surface area contributed by atoms with Crippen LogP contribution in [-0.2, 0) is 0 Å². The summed E-state index contributed by atoms with van der Waals surface area (Å²) in [6, 6.07) is 0. The number of allylic oxidation sites excluding steroid dienone is 2. The van der Waals surface area contributed by atoms with E-state index in [2.05, 4.69) is 33.8 Å². The maximum absolute atomic E-state index is 10.5. The maximum atomic E-state index is 10.5. The van der Waals surface area contributed by atoms with Crippen molar-refractivity contribution in [2.45, 2.75) is 59.0 Å². The molecule has 1 heteroatoms. The van der Waals surface area contributed by atoms with Crippen LogP contribution in [0.3, 0.4) is 0 Å². The molecule has 0 bridgehead atoms. The third-order valence-electron chi connectivity index (χ3n) is 4.92. The van der Waals surface area contributed by atoms with Crippen molar-refractivity contribution in [3.8, 4) is 0 Å². The summed E-state index contributed by atoms with van der Waals surface area (Å²) >= 11 is 0. The smallest absolute Gasteiger partial charge is 0.0653 e. The lowest BCUT2D eigenvalue weighted by molar-refractivity contribution is -0.0807. The van der Waals surface area contributed by atoms with Crippen molar-refractivity contribution < 1.29 is 5.11 Å². The molecular formula is C15H26O. The Kier molecular flexibility index (Phi) is 3.18. The van der Waals surface area contributed by atoms with Gasteiger partial charge in [-0.25, -0.2) is 0 Å². The van der Waals surface area contributed by atoms with Crippen LogP contribution in [0.5, 0.6) is 0 Å². The molecule has 92 valence electrons. The van der Waals surface area contributed by atoms with Crippen molar-refractivity contribution in [3.05, 3.63) is 11.6 Å². The highest BCUT2D eigenvalue weighted by molar-refractivity contribution is 5.13. The van der Waals surface area contributed by atoms with Crippen molar-refractivity contribution in [3.63, 3.8) is 0 Å². The highest BCUT2D eigenvalue weighted by Gasteiger charge is 2.46. The molecule has 2 aliphatic rings. The van der Waals surface area contributed by atoms with Gasteiger partial charge in [-0.2, -0.15) is 0 Å². The second kappa shape index (κ2) is 4.18. The average molecular weight is 222 g/mol. The predicted octanol–water partition coefficient (Wildman–Crippen LogP) is 3.78. The van der Waals surface area contributed by atoms with Crippen LogP contribution in [0.4, 0.5) is 0 Å². The zero-order valence-electron chi connectivity index (χ0n) is 11.2. The second-order valence-electron chi connectivity index (χ2n) is 6.54. The van der Waals surface area contributed by atoms with E-state index in [-0.39, 0.29) is 0 Å². The van der Waals surface area contributed by atoms with Crippen molar-refractivity contribution in [2.24, 2.45) is 23.7 Å². The molecule has 4 atom stereocenters. The summed E-state index contributed by atoms with van der Waals surface area (Å²) in [5, 5.41) is 10.5. The minimum Gasteiger partial charge on any atom is -0.390 e. The van der Waals surface area contributed by atoms with Gasteiger partial charge in [0.25, 0.3) is 0 Å². The first-order valence-corrected chi connectivity index (χ1v) is 6.81. The first kappa shape index (κ1) is 12.2. The third-order valence-corrected chi connectivity index (χ3v) is 4.92. The van der Waals surface area contributed by atoms with E-state index >= 15 is 0 Å². The molecule has 0 saturated heterocycles. The normalized spacial score (nSPS) is 44.1. The van der Waals surface area contributed by atoms with Gasteiger partial charge in [0.05, 0.1) is 5.60 Å². The molecule has 2 rings (SSSR count). The van der Waals surface area contributed by atoms with E-state index in [4.69, 9.17) is 0 Å². The third kappa shape index (κ3) is 2.07. The van der Waals surface area contributed by atoms with Gasteiger partial charge in [-0.1, -0.05) is 25.5 Å². The fraction of sp³-hybridized carbons (Fsp3) is 0.867. The summed E-state index contributed by atoms with van der Waals surface area (Å²) in [6.07, 6.45) is 7.01. The SMILES string of the molecule is CC1=CC2[C@H](C(C)C)CC[C@@](C)(O)[C@@H]2CC1. The molecule has 0 aromatic carbocycles. The van der Waals surface area contributed by atoms with E-state index in [0.717, 1.165) is 18.3 Å². The van der Waals surface area contributed by atoms with Gasteiger partial charge in [0.15, 0.2) is 0 Å². The molecule has 16 heavy (non-hydrogen) atoms. The molecule has 0 heterocycles. The summed E-state index contributed by atoms with van der Waals surface area (Å²) < 4.78 is 0. The average Bonchev–Trinajstić information content (AvgIpc) is 2.16. The Morgan fingerprint density at radius 2 is 2.06 bits per heavy atom. The Labute approximate surface area is 99.9 Å². The van der Waals surface area contributed by atoms with Crippen LogP contribution < -0.4 is 0 Å². The Balaban J connectivity index is 2.27. The van der Waals surface area contributed by atoms with E-state index in [1.54, 1.807) is 0 Å². The van der Waals surface area contributed by atoms with E-state index < -0.39 is 5.60 Å². The largest absolute Gasteiger partial charge is 0.390 e. The zero-order chi connectivity index (χ0) is 11.9. The predicted molar refractivity (Wildman–Crippen MR) is 68.2 cm³/mol. The molecule has 1 N–H and O–H groups in total. The molecule has 0 aromatic heterocycles. The highest BCUT2D eigenvalue weighted by Crippen LogP contribution is 2.49. The highest BCUT2D eigenvalue weighted by atomic mass is 16.3. The van der Waals surface area contributed by atoms with Crippen molar-refractivity contribution in [2.75, 3.05) is 0 Å². The zero-order valence-corrected chi connectivity index (χ0v) is 11.2. The summed E-state index contributed by atoms with van der Waals surface area (Å²) in [5.74, 6) is 2.64. The number of hydrogen-bond donors (Lipinski definition) is 1. The molecule has 1 fully saturated rings. The number of aliphatic hydroxyl groups is 1. The lowest BCUT2D eigenvalue weighted by Gasteiger charge is -2.49. The van der Waals surface area contributed by atoms with E-state index in [1.807, 2.05) is 0 Å². The molecular weight excluding hydrogens is 196 g/mol. The lowest BCUT2D eigenvalue weighted by Crippen LogP contribution is -2.48. The molecule has 0 radical (unpaired) electrons. The molecule has 1 unspecified atom stereocenters. The summed E-state index contributed by atoms with van der Waals surface area (Å²) in [5.41, 5.74) is 1.11. The number of fused-ring (bicyclic) bond motifs is 1. The Morgan fingerprint density at radius 1 is 1.38 bits per heavy atom. The van der Waals surface area contributed by atoms with Crippen LogP contribution in [0.1, 0.15) is 53.4 Å². The quantitative estimate of drug-likeness (QED) is 0.669. The van der Waals surface area contributed by atoms with E-state index in [0.29, 0.717) is 11.8 Å². The van der Waals surface area contributed by atoms with Crippen LogP contribution in [-0.4, -0.2) is 10.7 Å². The van der Waals surface area contributed by atoms with E-state index in [9.17, 15) is 5.11 Å². The first-order valence-electron chi connectivity index (χ1n) is 6.81. The number of hydrogen-bond acceptors (Lipinski definition) is 1. The van der Waals surface area contributed by atoms with Gasteiger partial charge >= 0.3 is 0 Å². The molecule has 0 amide bonds. The fourth-order valence-electron chi connectivity index (χ4n) is 3.87. The molecule has 1 saturated carbocycles. The topological polar surface area (TPSA) is 20.2 Å². The Bertz CT molecular complexity index is 288. The second-order valence-corrected chi connectivity index (χ2v) is 6.54. The molecule has 0 aliphatic heterocycles. The van der Waals surface area contributed by atoms with Gasteiger partial charge in [-0.3, -0.25) is 0 Å². The minimum atomic E-state index is -0.423. The molecule has 0 aromatic rings. The monoisotopic (exact) mass is 222 g/mol. The molecule has 0 spiro atoms. The van der Waals surface area contributed by atoms with Crippen LogP contribution in [0.2, 0.25) is 0 Å². The first-order chi connectivity index (χ1) is 7.42. The molecule has 1 nitrogen and oxygen atoms in total. The summed E-state index contributed by atoms with van der Waals surface area (Å²) in [6.45, 7) is 8.96.